The van der Waals surface area contributed by atoms with Gasteiger partial charge in [0.1, 0.15) is 17.8 Å². The summed E-state index contributed by atoms with van der Waals surface area (Å²) in [5.74, 6) is 1.25. The topological polar surface area (TPSA) is 127 Å². The second-order valence-electron chi connectivity index (χ2n) is 9.84. The van der Waals surface area contributed by atoms with Crippen LogP contribution in [0.2, 0.25) is 0 Å². The van der Waals surface area contributed by atoms with Crippen LogP contribution in [0.4, 0.5) is 11.5 Å². The summed E-state index contributed by atoms with van der Waals surface area (Å²) in [7, 11) is 0. The van der Waals surface area contributed by atoms with Crippen molar-refractivity contribution in [3.63, 3.8) is 0 Å². The van der Waals surface area contributed by atoms with Gasteiger partial charge in [-0.15, -0.1) is 11.3 Å². The standard InChI is InChI=1S/C24H25N9O2S/c34-22(29-20-10-36-23(30-20)21-26-13-28-31-21)16-7-18(33-9-17(27-14-33)15-1-2-15)19(8-25-16)32-5-3-24(4-6-32)11-35-12-24/h7-10,13-15H,1-6,11-12H2,(H,29,34)(H,26,28,31). The average Bonchev–Trinajstić information content (AvgIpc) is 3.28. The van der Waals surface area contributed by atoms with E-state index >= 15 is 0 Å². The van der Waals surface area contributed by atoms with Crippen LogP contribution in [-0.4, -0.2) is 66.9 Å². The molecule has 3 aliphatic rings. The van der Waals surface area contributed by atoms with Crippen LogP contribution < -0.4 is 10.2 Å². The Morgan fingerprint density at radius 2 is 2.03 bits per heavy atom. The molecule has 4 aromatic rings. The highest BCUT2D eigenvalue weighted by Crippen LogP contribution is 2.42. The van der Waals surface area contributed by atoms with E-state index < -0.39 is 0 Å². The first-order chi connectivity index (χ1) is 17.7. The van der Waals surface area contributed by atoms with Crippen LogP contribution >= 0.6 is 11.3 Å². The quantitative estimate of drug-likeness (QED) is 0.411. The fourth-order valence-electron chi connectivity index (χ4n) is 4.90. The van der Waals surface area contributed by atoms with Gasteiger partial charge in [0.05, 0.1) is 42.8 Å². The number of imidazole rings is 1. The molecule has 4 aromatic heterocycles. The van der Waals surface area contributed by atoms with Crippen molar-refractivity contribution in [2.24, 2.45) is 5.41 Å². The van der Waals surface area contributed by atoms with E-state index in [2.05, 4.69) is 46.5 Å². The van der Waals surface area contributed by atoms with Crippen LogP contribution in [0.1, 0.15) is 47.8 Å². The lowest BCUT2D eigenvalue weighted by atomic mass is 9.77. The van der Waals surface area contributed by atoms with Gasteiger partial charge in [-0.05, 0) is 31.7 Å². The van der Waals surface area contributed by atoms with Gasteiger partial charge in [0.2, 0.25) is 0 Å². The number of carbonyl (C=O) groups excluding carboxylic acids is 1. The second kappa shape index (κ2) is 8.49. The third-order valence-electron chi connectivity index (χ3n) is 7.32. The molecular weight excluding hydrogens is 478 g/mol. The highest BCUT2D eigenvalue weighted by Gasteiger charge is 2.41. The molecule has 2 N–H and O–H groups in total. The number of nitrogens with one attached hydrogen (secondary N) is 2. The van der Waals surface area contributed by atoms with Gasteiger partial charge in [0.15, 0.2) is 10.8 Å². The molecule has 1 aliphatic carbocycles. The fourth-order valence-corrected chi connectivity index (χ4v) is 5.60. The Labute approximate surface area is 211 Å². The largest absolute Gasteiger partial charge is 0.380 e. The van der Waals surface area contributed by atoms with Crippen LogP contribution in [0, 0.1) is 5.41 Å². The average molecular weight is 504 g/mol. The van der Waals surface area contributed by atoms with Crippen LogP contribution in [0.25, 0.3) is 16.5 Å². The van der Waals surface area contributed by atoms with Crippen LogP contribution in [0.3, 0.4) is 0 Å². The molecular formula is C24H25N9O2S. The van der Waals surface area contributed by atoms with Crippen LogP contribution in [0.5, 0.6) is 0 Å². The highest BCUT2D eigenvalue weighted by molar-refractivity contribution is 7.13. The Kier molecular flexibility index (Phi) is 5.10. The molecule has 0 radical (unpaired) electrons. The van der Waals surface area contributed by atoms with Gasteiger partial charge >= 0.3 is 0 Å². The number of amides is 1. The molecule has 3 fully saturated rings. The summed E-state index contributed by atoms with van der Waals surface area (Å²) in [4.78, 5) is 33.2. The van der Waals surface area contributed by atoms with E-state index in [0.29, 0.717) is 33.7 Å². The number of carbonyl (C=O) groups is 1. The minimum Gasteiger partial charge on any atom is -0.380 e. The minimum atomic E-state index is -0.316. The van der Waals surface area contributed by atoms with E-state index in [9.17, 15) is 4.79 Å². The Morgan fingerprint density at radius 3 is 2.75 bits per heavy atom. The third-order valence-corrected chi connectivity index (χ3v) is 8.16. The van der Waals surface area contributed by atoms with Crippen molar-refractivity contribution in [3.05, 3.63) is 47.9 Å². The van der Waals surface area contributed by atoms with Crippen molar-refractivity contribution in [1.29, 1.82) is 0 Å². The molecule has 0 atom stereocenters. The van der Waals surface area contributed by atoms with Gasteiger partial charge in [-0.3, -0.25) is 9.89 Å². The molecule has 6 heterocycles. The number of anilines is 2. The minimum absolute atomic E-state index is 0.316. The zero-order chi connectivity index (χ0) is 24.1. The summed E-state index contributed by atoms with van der Waals surface area (Å²) in [5, 5.41) is 11.9. The molecule has 0 unspecified atom stereocenters. The van der Waals surface area contributed by atoms with Crippen LogP contribution in [-0.2, 0) is 4.74 Å². The maximum absolute atomic E-state index is 13.1. The number of aromatic amines is 1. The first-order valence-electron chi connectivity index (χ1n) is 12.2. The first kappa shape index (κ1) is 21.6. The van der Waals surface area contributed by atoms with Gasteiger partial charge in [0, 0.05) is 36.0 Å². The summed E-state index contributed by atoms with van der Waals surface area (Å²) in [6.45, 7) is 3.62. The Bertz CT molecular complexity index is 1390. The van der Waals surface area contributed by atoms with Crippen molar-refractivity contribution in [2.75, 3.05) is 36.5 Å². The lowest BCUT2D eigenvalue weighted by Crippen LogP contribution is -2.51. The van der Waals surface area contributed by atoms with Crippen LogP contribution in [0.15, 0.2) is 36.5 Å². The Hall–Kier alpha value is -3.64. The van der Waals surface area contributed by atoms with Crippen molar-refractivity contribution in [3.8, 4) is 16.5 Å². The molecule has 0 bridgehead atoms. The maximum Gasteiger partial charge on any atom is 0.275 e. The number of aromatic nitrogens is 7. The number of rotatable bonds is 6. The number of thiazole rings is 1. The number of hydrogen-bond acceptors (Lipinski definition) is 9. The number of ether oxygens (including phenoxy) is 1. The number of H-pyrrole nitrogens is 1. The molecule has 1 saturated carbocycles. The molecule has 1 spiro atoms. The zero-order valence-electron chi connectivity index (χ0n) is 19.6. The van der Waals surface area contributed by atoms with Crippen molar-refractivity contribution < 1.29 is 9.53 Å². The summed E-state index contributed by atoms with van der Waals surface area (Å²) < 4.78 is 7.52. The molecule has 12 heteroatoms. The molecule has 2 aliphatic heterocycles. The predicted molar refractivity (Wildman–Crippen MR) is 133 cm³/mol. The van der Waals surface area contributed by atoms with Gasteiger partial charge in [-0.2, -0.15) is 5.10 Å². The van der Waals surface area contributed by atoms with Crippen molar-refractivity contribution >= 4 is 28.7 Å². The van der Waals surface area contributed by atoms with Gasteiger partial charge in [-0.25, -0.2) is 19.9 Å². The monoisotopic (exact) mass is 503 g/mol. The number of hydrogen-bond donors (Lipinski definition) is 2. The molecule has 184 valence electrons. The van der Waals surface area contributed by atoms with Gasteiger partial charge in [-0.1, -0.05) is 0 Å². The number of piperidine rings is 1. The lowest BCUT2D eigenvalue weighted by molar-refractivity contribution is -0.124. The predicted octanol–water partition coefficient (Wildman–Crippen LogP) is 3.26. The van der Waals surface area contributed by atoms with E-state index in [1.165, 1.54) is 30.5 Å². The first-order valence-corrected chi connectivity index (χ1v) is 13.0. The molecule has 2 saturated heterocycles. The SMILES string of the molecule is O=C(Nc1csc(-c2ncn[nH]2)n1)c1cc(-n2cnc(C3CC3)c2)c(N2CCC3(CC2)COC3)cn1. The summed E-state index contributed by atoms with van der Waals surface area (Å²) in [6, 6.07) is 1.85. The Balaban J connectivity index is 1.16. The smallest absolute Gasteiger partial charge is 0.275 e. The van der Waals surface area contributed by atoms with Crippen molar-refractivity contribution in [2.45, 2.75) is 31.6 Å². The molecule has 0 aromatic carbocycles. The lowest BCUT2D eigenvalue weighted by Gasteiger charge is -2.48. The third kappa shape index (κ3) is 3.95. The molecule has 11 nitrogen and oxygen atoms in total. The number of nitrogens with zero attached hydrogens (tertiary/aromatic N) is 7. The van der Waals surface area contributed by atoms with E-state index in [1.54, 1.807) is 5.38 Å². The second-order valence-corrected chi connectivity index (χ2v) is 10.7. The van der Waals surface area contributed by atoms with E-state index in [4.69, 9.17) is 4.74 Å². The Morgan fingerprint density at radius 1 is 1.17 bits per heavy atom. The maximum atomic E-state index is 13.1. The summed E-state index contributed by atoms with van der Waals surface area (Å²) >= 11 is 1.38. The number of pyridine rings is 1. The highest BCUT2D eigenvalue weighted by atomic mass is 32.1. The molecule has 1 amide bonds. The van der Waals surface area contributed by atoms with E-state index in [-0.39, 0.29) is 5.91 Å². The van der Waals surface area contributed by atoms with Crippen molar-refractivity contribution in [1.82, 2.24) is 34.7 Å². The normalized spacial score (nSPS) is 18.8. The van der Waals surface area contributed by atoms with Gasteiger partial charge < -0.3 is 19.5 Å². The summed E-state index contributed by atoms with van der Waals surface area (Å²) in [5.41, 5.74) is 3.70. The summed E-state index contributed by atoms with van der Waals surface area (Å²) in [6.07, 6.45) is 11.8. The molecule has 7 rings (SSSR count). The molecule has 36 heavy (non-hydrogen) atoms. The zero-order valence-corrected chi connectivity index (χ0v) is 20.4. The van der Waals surface area contributed by atoms with E-state index in [1.807, 2.05) is 23.2 Å². The van der Waals surface area contributed by atoms with Gasteiger partial charge in [0.25, 0.3) is 5.91 Å². The van der Waals surface area contributed by atoms with E-state index in [0.717, 1.165) is 56.2 Å². The fraction of sp³-hybridized carbons (Fsp3) is 0.417.